The van der Waals surface area contributed by atoms with Gasteiger partial charge in [0.1, 0.15) is 23.0 Å². The highest BCUT2D eigenvalue weighted by Gasteiger charge is 2.28. The molecular formula is C27H27NO7. The Kier molecular flexibility index (Phi) is 6.82. The predicted molar refractivity (Wildman–Crippen MR) is 132 cm³/mol. The topological polar surface area (TPSA) is 96.2 Å². The van der Waals surface area contributed by atoms with E-state index in [2.05, 4.69) is 5.32 Å². The molecule has 0 bridgehead atoms. The summed E-state index contributed by atoms with van der Waals surface area (Å²) < 4.78 is 27.4. The first-order valence-corrected chi connectivity index (χ1v) is 11.1. The minimum absolute atomic E-state index is 0.230. The van der Waals surface area contributed by atoms with Crippen LogP contribution in [0.25, 0.3) is 21.9 Å². The molecule has 0 fully saturated rings. The van der Waals surface area contributed by atoms with Crippen LogP contribution in [0.5, 0.6) is 23.0 Å². The average molecular weight is 478 g/mol. The van der Waals surface area contributed by atoms with Crippen molar-refractivity contribution in [1.82, 2.24) is 5.32 Å². The third kappa shape index (κ3) is 4.73. The summed E-state index contributed by atoms with van der Waals surface area (Å²) in [6, 6.07) is 15.0. The Morgan fingerprint density at radius 1 is 0.829 bits per heavy atom. The minimum Gasteiger partial charge on any atom is -0.493 e. The molecule has 182 valence electrons. The molecule has 35 heavy (non-hydrogen) atoms. The standard InChI is InChI=1S/C27H27NO7/c1-15(2)24(28-26(29)16-12-22(31-3)25(33-5)23(13-16)32-4)27(30)34-17-10-11-21-19(14-17)18-8-6-7-9-20(18)35-21/h6-15,24H,1-5H3,(H,28,29). The van der Waals surface area contributed by atoms with E-state index in [1.165, 1.54) is 33.5 Å². The molecule has 1 aromatic heterocycles. The predicted octanol–water partition coefficient (Wildman–Crippen LogP) is 4.97. The van der Waals surface area contributed by atoms with Gasteiger partial charge in [-0.05, 0) is 42.3 Å². The summed E-state index contributed by atoms with van der Waals surface area (Å²) in [5, 5.41) is 4.54. The van der Waals surface area contributed by atoms with E-state index in [-0.39, 0.29) is 11.5 Å². The molecule has 0 saturated carbocycles. The van der Waals surface area contributed by atoms with Crippen LogP contribution >= 0.6 is 0 Å². The molecule has 8 nitrogen and oxygen atoms in total. The van der Waals surface area contributed by atoms with E-state index in [1.54, 1.807) is 18.2 Å². The molecule has 0 aliphatic carbocycles. The molecule has 3 aromatic carbocycles. The van der Waals surface area contributed by atoms with Gasteiger partial charge in [-0.25, -0.2) is 4.79 Å². The second-order valence-electron chi connectivity index (χ2n) is 8.29. The summed E-state index contributed by atoms with van der Waals surface area (Å²) in [6.07, 6.45) is 0. The van der Waals surface area contributed by atoms with Gasteiger partial charge in [0.25, 0.3) is 5.91 Å². The fourth-order valence-corrected chi connectivity index (χ4v) is 3.88. The fourth-order valence-electron chi connectivity index (χ4n) is 3.88. The molecule has 0 aliphatic heterocycles. The number of ether oxygens (including phenoxy) is 4. The average Bonchev–Trinajstić information content (AvgIpc) is 3.23. The first-order valence-electron chi connectivity index (χ1n) is 11.1. The smallest absolute Gasteiger partial charge is 0.334 e. The van der Waals surface area contributed by atoms with Crippen LogP contribution in [0.1, 0.15) is 24.2 Å². The molecule has 0 aliphatic rings. The van der Waals surface area contributed by atoms with Crippen LogP contribution in [0.4, 0.5) is 0 Å². The van der Waals surface area contributed by atoms with Crippen LogP contribution in [0.15, 0.2) is 59.0 Å². The second-order valence-corrected chi connectivity index (χ2v) is 8.29. The number of hydrogen-bond acceptors (Lipinski definition) is 7. The molecule has 1 unspecified atom stereocenters. The van der Waals surface area contributed by atoms with Gasteiger partial charge in [0.2, 0.25) is 5.75 Å². The largest absolute Gasteiger partial charge is 0.493 e. The van der Waals surface area contributed by atoms with E-state index < -0.39 is 17.9 Å². The van der Waals surface area contributed by atoms with Crippen molar-refractivity contribution in [1.29, 1.82) is 0 Å². The SMILES string of the molecule is COc1cc(C(=O)NC(C(=O)Oc2ccc3oc4ccccc4c3c2)C(C)C)cc(OC)c1OC. The summed E-state index contributed by atoms with van der Waals surface area (Å²) in [7, 11) is 4.41. The Labute approximate surface area is 202 Å². The number of fused-ring (bicyclic) bond motifs is 3. The number of carbonyl (C=O) groups is 2. The molecule has 1 amide bonds. The van der Waals surface area contributed by atoms with Crippen molar-refractivity contribution >= 4 is 33.8 Å². The zero-order valence-corrected chi connectivity index (χ0v) is 20.2. The Morgan fingerprint density at radius 2 is 1.49 bits per heavy atom. The van der Waals surface area contributed by atoms with Gasteiger partial charge >= 0.3 is 5.97 Å². The normalized spacial score (nSPS) is 11.9. The van der Waals surface area contributed by atoms with Crippen molar-refractivity contribution < 1.29 is 33.0 Å². The number of benzene rings is 3. The number of para-hydroxylation sites is 1. The van der Waals surface area contributed by atoms with E-state index in [0.717, 1.165) is 16.4 Å². The van der Waals surface area contributed by atoms with Gasteiger partial charge in [0.05, 0.1) is 21.3 Å². The number of nitrogens with one attached hydrogen (secondary N) is 1. The van der Waals surface area contributed by atoms with Crippen molar-refractivity contribution in [3.63, 3.8) is 0 Å². The van der Waals surface area contributed by atoms with Crippen molar-refractivity contribution in [2.75, 3.05) is 21.3 Å². The third-order valence-corrected chi connectivity index (χ3v) is 5.70. The van der Waals surface area contributed by atoms with E-state index in [0.29, 0.717) is 28.6 Å². The van der Waals surface area contributed by atoms with E-state index >= 15 is 0 Å². The number of esters is 1. The molecule has 0 saturated heterocycles. The summed E-state index contributed by atoms with van der Waals surface area (Å²) in [5.41, 5.74) is 1.70. The molecular weight excluding hydrogens is 450 g/mol. The van der Waals surface area contributed by atoms with Crippen molar-refractivity contribution in [3.05, 3.63) is 60.2 Å². The first-order chi connectivity index (χ1) is 16.9. The van der Waals surface area contributed by atoms with Crippen LogP contribution < -0.4 is 24.3 Å². The van der Waals surface area contributed by atoms with E-state index in [1.807, 2.05) is 38.1 Å². The maximum atomic E-state index is 13.1. The van der Waals surface area contributed by atoms with Gasteiger partial charge in [-0.3, -0.25) is 4.79 Å². The Bertz CT molecular complexity index is 1360. The van der Waals surface area contributed by atoms with Gasteiger partial charge in [-0.1, -0.05) is 32.0 Å². The Hall–Kier alpha value is -4.20. The number of hydrogen-bond donors (Lipinski definition) is 1. The lowest BCUT2D eigenvalue weighted by molar-refractivity contribution is -0.137. The number of amides is 1. The highest BCUT2D eigenvalue weighted by Crippen LogP contribution is 2.38. The molecule has 8 heteroatoms. The van der Waals surface area contributed by atoms with Crippen molar-refractivity contribution in [2.24, 2.45) is 5.92 Å². The lowest BCUT2D eigenvalue weighted by atomic mass is 10.0. The number of rotatable bonds is 8. The summed E-state index contributed by atoms with van der Waals surface area (Å²) in [5.74, 6) is 0.119. The quantitative estimate of drug-likeness (QED) is 0.283. The molecule has 1 N–H and O–H groups in total. The van der Waals surface area contributed by atoms with Crippen LogP contribution in [-0.2, 0) is 4.79 Å². The van der Waals surface area contributed by atoms with Crippen molar-refractivity contribution in [3.8, 4) is 23.0 Å². The molecule has 4 rings (SSSR count). The van der Waals surface area contributed by atoms with Gasteiger partial charge in [0, 0.05) is 16.3 Å². The fraction of sp³-hybridized carbons (Fsp3) is 0.259. The summed E-state index contributed by atoms with van der Waals surface area (Å²) >= 11 is 0. The number of methoxy groups -OCH3 is 3. The Balaban J connectivity index is 1.56. The van der Waals surface area contributed by atoms with Gasteiger partial charge < -0.3 is 28.7 Å². The zero-order chi connectivity index (χ0) is 25.1. The van der Waals surface area contributed by atoms with Crippen LogP contribution in [-0.4, -0.2) is 39.2 Å². The van der Waals surface area contributed by atoms with Crippen LogP contribution in [0.3, 0.4) is 0 Å². The molecule has 4 aromatic rings. The highest BCUT2D eigenvalue weighted by atomic mass is 16.5. The van der Waals surface area contributed by atoms with Gasteiger partial charge in [-0.2, -0.15) is 0 Å². The lowest BCUT2D eigenvalue weighted by Crippen LogP contribution is -2.46. The van der Waals surface area contributed by atoms with Gasteiger partial charge in [0.15, 0.2) is 11.5 Å². The maximum Gasteiger partial charge on any atom is 0.334 e. The van der Waals surface area contributed by atoms with E-state index in [4.69, 9.17) is 23.4 Å². The summed E-state index contributed by atoms with van der Waals surface area (Å²) in [6.45, 7) is 3.66. The Morgan fingerprint density at radius 3 is 2.11 bits per heavy atom. The third-order valence-electron chi connectivity index (χ3n) is 5.70. The maximum absolute atomic E-state index is 13.1. The first kappa shape index (κ1) is 23.9. The lowest BCUT2D eigenvalue weighted by Gasteiger charge is -2.21. The second kappa shape index (κ2) is 9.97. The van der Waals surface area contributed by atoms with E-state index in [9.17, 15) is 9.59 Å². The molecule has 1 atom stereocenters. The zero-order valence-electron chi connectivity index (χ0n) is 20.2. The van der Waals surface area contributed by atoms with Crippen LogP contribution in [0, 0.1) is 5.92 Å². The molecule has 1 heterocycles. The van der Waals surface area contributed by atoms with Gasteiger partial charge in [-0.15, -0.1) is 0 Å². The monoisotopic (exact) mass is 477 g/mol. The van der Waals surface area contributed by atoms with Crippen molar-refractivity contribution in [2.45, 2.75) is 19.9 Å². The summed E-state index contributed by atoms with van der Waals surface area (Å²) in [4.78, 5) is 26.1. The van der Waals surface area contributed by atoms with Crippen LogP contribution in [0.2, 0.25) is 0 Å². The molecule has 0 spiro atoms. The number of carbonyl (C=O) groups excluding carboxylic acids is 2. The minimum atomic E-state index is -0.890. The molecule has 0 radical (unpaired) electrons. The highest BCUT2D eigenvalue weighted by molar-refractivity contribution is 6.05. The number of furan rings is 1.